The highest BCUT2D eigenvalue weighted by Crippen LogP contribution is 2.41. The van der Waals surface area contributed by atoms with Crippen LogP contribution in [0, 0.1) is 5.92 Å². The topological polar surface area (TPSA) is 108 Å². The summed E-state index contributed by atoms with van der Waals surface area (Å²) >= 11 is 0. The molecule has 35 heavy (non-hydrogen) atoms. The summed E-state index contributed by atoms with van der Waals surface area (Å²) in [6.07, 6.45) is 0.348. The van der Waals surface area contributed by atoms with Crippen molar-refractivity contribution in [1.82, 2.24) is 5.32 Å². The van der Waals surface area contributed by atoms with Gasteiger partial charge in [-0.1, -0.05) is 0 Å². The molecule has 2 aliphatic heterocycles. The third-order valence-corrected chi connectivity index (χ3v) is 5.59. The van der Waals surface area contributed by atoms with Crippen LogP contribution in [-0.2, 0) is 4.79 Å². The highest BCUT2D eigenvalue weighted by Gasteiger charge is 2.31. The van der Waals surface area contributed by atoms with Gasteiger partial charge in [0.05, 0.1) is 25.5 Å². The van der Waals surface area contributed by atoms with Crippen LogP contribution in [-0.4, -0.2) is 51.6 Å². The van der Waals surface area contributed by atoms with Gasteiger partial charge in [0.15, 0.2) is 23.0 Å². The van der Waals surface area contributed by atoms with Crippen molar-refractivity contribution >= 4 is 23.3 Å². The van der Waals surface area contributed by atoms with E-state index in [0.29, 0.717) is 73.8 Å². The number of urea groups is 1. The number of amides is 3. The van der Waals surface area contributed by atoms with Crippen LogP contribution in [0.5, 0.6) is 28.7 Å². The van der Waals surface area contributed by atoms with Crippen LogP contribution >= 0.6 is 0 Å². The van der Waals surface area contributed by atoms with Gasteiger partial charge in [-0.25, -0.2) is 4.79 Å². The first kappa shape index (κ1) is 24.3. The van der Waals surface area contributed by atoms with Crippen molar-refractivity contribution in [3.8, 4) is 28.7 Å². The van der Waals surface area contributed by atoms with E-state index in [1.165, 1.54) is 0 Å². The number of carbonyl (C=O) groups is 2. The van der Waals surface area contributed by atoms with E-state index in [0.717, 1.165) is 5.69 Å². The maximum atomic E-state index is 12.6. The van der Waals surface area contributed by atoms with E-state index in [1.54, 1.807) is 29.2 Å². The second-order valence-electron chi connectivity index (χ2n) is 8.05. The molecule has 0 aliphatic carbocycles. The largest absolute Gasteiger partial charge is 0.490 e. The van der Waals surface area contributed by atoms with Crippen LogP contribution in [0.3, 0.4) is 0 Å². The molecule has 2 aromatic rings. The first-order chi connectivity index (χ1) is 17.0. The molecule has 1 unspecified atom stereocenters. The van der Waals surface area contributed by atoms with Crippen molar-refractivity contribution < 1.29 is 33.3 Å². The molecule has 1 saturated heterocycles. The zero-order chi connectivity index (χ0) is 24.8. The number of rotatable bonds is 10. The first-order valence-electron chi connectivity index (χ1n) is 11.8. The van der Waals surface area contributed by atoms with Gasteiger partial charge in [-0.2, -0.15) is 0 Å². The number of benzene rings is 2. The predicted molar refractivity (Wildman–Crippen MR) is 130 cm³/mol. The second-order valence-corrected chi connectivity index (χ2v) is 8.05. The normalized spacial score (nSPS) is 16.3. The third-order valence-electron chi connectivity index (χ3n) is 5.59. The van der Waals surface area contributed by atoms with E-state index in [9.17, 15) is 9.59 Å². The van der Waals surface area contributed by atoms with Crippen LogP contribution in [0.2, 0.25) is 0 Å². The van der Waals surface area contributed by atoms with Crippen molar-refractivity contribution in [1.29, 1.82) is 0 Å². The lowest BCUT2D eigenvalue weighted by atomic mass is 10.1. The first-order valence-corrected chi connectivity index (χ1v) is 11.8. The Kier molecular flexibility index (Phi) is 7.69. The van der Waals surface area contributed by atoms with Crippen LogP contribution < -0.4 is 39.2 Å². The van der Waals surface area contributed by atoms with Gasteiger partial charge < -0.3 is 39.2 Å². The molecule has 0 saturated carbocycles. The average Bonchev–Trinajstić information content (AvgIpc) is 3.46. The summed E-state index contributed by atoms with van der Waals surface area (Å²) in [5.41, 5.74) is 1.27. The monoisotopic (exact) mass is 485 g/mol. The van der Waals surface area contributed by atoms with Gasteiger partial charge in [0, 0.05) is 49.3 Å². The molecular weight excluding hydrogens is 454 g/mol. The molecule has 0 bridgehead atoms. The molecule has 1 atom stereocenters. The maximum absolute atomic E-state index is 12.6. The fraction of sp³-hybridized carbons (Fsp3) is 0.440. The lowest BCUT2D eigenvalue weighted by Crippen LogP contribution is -2.34. The number of carbonyl (C=O) groups excluding carboxylic acids is 2. The van der Waals surface area contributed by atoms with E-state index in [1.807, 2.05) is 26.8 Å². The lowest BCUT2D eigenvalue weighted by Gasteiger charge is -2.18. The minimum atomic E-state index is -0.381. The number of anilines is 2. The highest BCUT2D eigenvalue weighted by atomic mass is 16.7. The standard InChI is InChI=1S/C25H31N3O7/c1-4-31-21-10-17(11-22(32-5-2)24(21)33-6-3)27-25(30)26-13-16-9-23(29)28(14-16)18-7-8-19-20(12-18)35-15-34-19/h7-8,10-12,16H,4-6,9,13-15H2,1-3H3,(H2,26,27,30). The average molecular weight is 486 g/mol. The molecule has 2 aliphatic rings. The van der Waals surface area contributed by atoms with Gasteiger partial charge >= 0.3 is 6.03 Å². The summed E-state index contributed by atoms with van der Waals surface area (Å²) in [5.74, 6) is 2.79. The Balaban J connectivity index is 1.36. The molecule has 2 N–H and O–H groups in total. The van der Waals surface area contributed by atoms with Gasteiger partial charge in [0.1, 0.15) is 0 Å². The minimum absolute atomic E-state index is 0.00491. The number of nitrogens with one attached hydrogen (secondary N) is 2. The van der Waals surface area contributed by atoms with Crippen molar-refractivity contribution in [3.05, 3.63) is 30.3 Å². The van der Waals surface area contributed by atoms with E-state index in [2.05, 4.69) is 10.6 Å². The van der Waals surface area contributed by atoms with Gasteiger partial charge in [-0.05, 0) is 32.9 Å². The van der Waals surface area contributed by atoms with E-state index < -0.39 is 0 Å². The SMILES string of the molecule is CCOc1cc(NC(=O)NCC2CC(=O)N(c3ccc4c(c3)OCO4)C2)cc(OCC)c1OCC. The van der Waals surface area contributed by atoms with Crippen molar-refractivity contribution in [3.63, 3.8) is 0 Å². The molecule has 2 aromatic carbocycles. The van der Waals surface area contributed by atoms with Gasteiger partial charge in [-0.3, -0.25) is 4.79 Å². The van der Waals surface area contributed by atoms with Crippen molar-refractivity contribution in [2.24, 2.45) is 5.92 Å². The number of fused-ring (bicyclic) bond motifs is 1. The van der Waals surface area contributed by atoms with Crippen molar-refractivity contribution in [2.75, 3.05) is 49.9 Å². The van der Waals surface area contributed by atoms with Crippen LogP contribution in [0.25, 0.3) is 0 Å². The molecule has 2 heterocycles. The maximum Gasteiger partial charge on any atom is 0.319 e. The van der Waals surface area contributed by atoms with Gasteiger partial charge in [0.25, 0.3) is 0 Å². The summed E-state index contributed by atoms with van der Waals surface area (Å²) in [4.78, 5) is 26.9. The van der Waals surface area contributed by atoms with E-state index >= 15 is 0 Å². The fourth-order valence-electron chi connectivity index (χ4n) is 4.09. The number of hydrogen-bond acceptors (Lipinski definition) is 7. The predicted octanol–water partition coefficient (Wildman–Crippen LogP) is 3.79. The van der Waals surface area contributed by atoms with E-state index in [4.69, 9.17) is 23.7 Å². The third kappa shape index (κ3) is 5.64. The summed E-state index contributed by atoms with van der Waals surface area (Å²) in [7, 11) is 0. The zero-order valence-electron chi connectivity index (χ0n) is 20.2. The quantitative estimate of drug-likeness (QED) is 0.527. The molecule has 0 radical (unpaired) electrons. The zero-order valence-corrected chi connectivity index (χ0v) is 20.2. The van der Waals surface area contributed by atoms with Crippen molar-refractivity contribution in [2.45, 2.75) is 27.2 Å². The summed E-state index contributed by atoms with van der Waals surface area (Å²) in [6.45, 7) is 8.01. The Bertz CT molecular complexity index is 1050. The molecular formula is C25H31N3O7. The summed E-state index contributed by atoms with van der Waals surface area (Å²) < 4.78 is 27.8. The Morgan fingerprint density at radius 2 is 1.69 bits per heavy atom. The Labute approximate surface area is 204 Å². The van der Waals surface area contributed by atoms with Gasteiger partial charge in [0.2, 0.25) is 18.4 Å². The molecule has 1 fully saturated rings. The van der Waals surface area contributed by atoms with Crippen LogP contribution in [0.1, 0.15) is 27.2 Å². The second kappa shape index (κ2) is 11.1. The number of hydrogen-bond donors (Lipinski definition) is 2. The molecule has 4 rings (SSSR count). The molecule has 10 nitrogen and oxygen atoms in total. The Morgan fingerprint density at radius 3 is 2.37 bits per heavy atom. The Hall–Kier alpha value is -3.82. The number of nitrogens with zero attached hydrogens (tertiary/aromatic N) is 1. The minimum Gasteiger partial charge on any atom is -0.490 e. The van der Waals surface area contributed by atoms with E-state index in [-0.39, 0.29) is 24.6 Å². The highest BCUT2D eigenvalue weighted by molar-refractivity contribution is 5.96. The summed E-state index contributed by atoms with van der Waals surface area (Å²) in [6, 6.07) is 8.47. The number of ether oxygens (including phenoxy) is 5. The molecule has 188 valence electrons. The molecule has 10 heteroatoms. The summed E-state index contributed by atoms with van der Waals surface area (Å²) in [5, 5.41) is 5.68. The van der Waals surface area contributed by atoms with Crippen LogP contribution in [0.15, 0.2) is 30.3 Å². The lowest BCUT2D eigenvalue weighted by molar-refractivity contribution is -0.117. The fourth-order valence-corrected chi connectivity index (χ4v) is 4.09. The molecule has 0 spiro atoms. The van der Waals surface area contributed by atoms with Crippen LogP contribution in [0.4, 0.5) is 16.2 Å². The van der Waals surface area contributed by atoms with Gasteiger partial charge in [-0.15, -0.1) is 0 Å². The molecule has 0 aromatic heterocycles. The smallest absolute Gasteiger partial charge is 0.319 e. The Morgan fingerprint density at radius 1 is 1.00 bits per heavy atom. The molecule has 3 amide bonds.